The molecule has 0 unspecified atom stereocenters. The Bertz CT molecular complexity index is 857. The van der Waals surface area contributed by atoms with Crippen molar-refractivity contribution in [2.45, 2.75) is 26.2 Å². The van der Waals surface area contributed by atoms with Crippen molar-refractivity contribution < 1.29 is 12.2 Å². The van der Waals surface area contributed by atoms with E-state index in [1.807, 2.05) is 75.4 Å². The summed E-state index contributed by atoms with van der Waals surface area (Å²) >= 11 is 0. The smallest absolute Gasteiger partial charge is 0.324 e. The van der Waals surface area contributed by atoms with Gasteiger partial charge in [0.05, 0.1) is 0 Å². The van der Waals surface area contributed by atoms with Crippen LogP contribution < -0.4 is 10.6 Å². The van der Waals surface area contributed by atoms with Crippen molar-refractivity contribution in [1.82, 2.24) is 5.16 Å². The van der Waals surface area contributed by atoms with Crippen LogP contribution in [-0.4, -0.2) is 11.2 Å². The van der Waals surface area contributed by atoms with Gasteiger partial charge in [-0.3, -0.25) is 5.32 Å². The average Bonchev–Trinajstić information content (AvgIpc) is 3.05. The number of hydrogen-bond donors (Lipinski definition) is 2. The first kappa shape index (κ1) is 16.8. The lowest BCUT2D eigenvalue weighted by molar-refractivity contribution is 0.262. The van der Waals surface area contributed by atoms with Gasteiger partial charge in [-0.2, -0.15) is 0 Å². The van der Waals surface area contributed by atoms with E-state index in [9.17, 15) is 4.79 Å². The average molecular weight is 339 g/mol. The van der Waals surface area contributed by atoms with Gasteiger partial charge in [0, 0.05) is 20.0 Å². The van der Waals surface area contributed by atoms with E-state index in [2.05, 4.69) is 15.8 Å². The summed E-state index contributed by atoms with van der Waals surface area (Å²) in [5.41, 5.74) is 2.78. The van der Waals surface area contributed by atoms with Gasteiger partial charge in [0.1, 0.15) is 5.76 Å². The Hall–Kier alpha value is -3.08. The highest BCUT2D eigenvalue weighted by atomic mass is 16.5. The van der Waals surface area contributed by atoms with E-state index in [1.165, 1.54) is 0 Å². The van der Waals surface area contributed by atoms with Gasteiger partial charge in [0.15, 0.2) is 5.82 Å². The van der Waals surface area contributed by atoms with Crippen molar-refractivity contribution in [2.24, 2.45) is 0 Å². The van der Waals surface area contributed by atoms with Crippen LogP contribution in [-0.2, 0) is 5.41 Å². The van der Waals surface area contributed by atoms with E-state index < -0.39 is 0 Å². The monoisotopic (exact) mass is 339 g/mol. The van der Waals surface area contributed by atoms with Crippen LogP contribution in [0.25, 0.3) is 11.1 Å². The molecule has 1 aromatic heterocycles. The quantitative estimate of drug-likeness (QED) is 0.636. The third kappa shape index (κ3) is 4.26. The molecule has 0 fully saturated rings. The van der Waals surface area contributed by atoms with Crippen LogP contribution in [0.15, 0.2) is 65.2 Å². The van der Waals surface area contributed by atoms with Crippen LogP contribution in [0.3, 0.4) is 0 Å². The Morgan fingerprint density at radius 1 is 0.960 bits per heavy atom. The molecule has 3 rings (SSSR count). The first-order valence-electron chi connectivity index (χ1n) is 8.12. The lowest BCUT2D eigenvalue weighted by atomic mass is 9.93. The van der Waals surface area contributed by atoms with E-state index in [-0.39, 0.29) is 14.3 Å². The second-order valence-corrected chi connectivity index (χ2v) is 6.85. The summed E-state index contributed by atoms with van der Waals surface area (Å²) in [4.78, 5) is 12.1. The molecule has 0 saturated heterocycles. The number of hydrogen-bond acceptors (Lipinski definition) is 3. The molecular weight excluding hydrogens is 314 g/mol. The summed E-state index contributed by atoms with van der Waals surface area (Å²) in [5.74, 6) is 1.11. The fourth-order valence-corrected chi connectivity index (χ4v) is 2.34. The van der Waals surface area contributed by atoms with Crippen molar-refractivity contribution in [3.63, 3.8) is 0 Å². The van der Waals surface area contributed by atoms with Gasteiger partial charge >= 0.3 is 6.03 Å². The second kappa shape index (κ2) is 6.81. The third-order valence-corrected chi connectivity index (χ3v) is 3.74. The maximum Gasteiger partial charge on any atom is 0.324 e. The molecule has 0 bridgehead atoms. The molecule has 3 aromatic rings. The minimum Gasteiger partial charge on any atom is -0.359 e. The van der Waals surface area contributed by atoms with Gasteiger partial charge in [0.2, 0.25) is 0 Å². The van der Waals surface area contributed by atoms with Gasteiger partial charge in [-0.15, -0.1) is 0 Å². The molecule has 0 saturated carbocycles. The number of carbonyl (C=O) groups is 1. The number of amides is 2. The van der Waals surface area contributed by atoms with E-state index in [4.69, 9.17) is 4.52 Å². The van der Waals surface area contributed by atoms with Gasteiger partial charge in [-0.1, -0.05) is 68.4 Å². The summed E-state index contributed by atoms with van der Waals surface area (Å²) in [6.45, 7) is 6.06. The summed E-state index contributed by atoms with van der Waals surface area (Å²) in [6, 6.07) is 19.1. The van der Waals surface area contributed by atoms with Crippen LogP contribution in [0, 0.1) is 0 Å². The Morgan fingerprint density at radius 3 is 2.20 bits per heavy atom. The first-order valence-corrected chi connectivity index (χ1v) is 8.12. The highest BCUT2D eigenvalue weighted by Gasteiger charge is 2.20. The van der Waals surface area contributed by atoms with Gasteiger partial charge in [-0.05, 0) is 23.3 Å². The fourth-order valence-electron chi connectivity index (χ4n) is 2.34. The molecule has 0 aliphatic carbocycles. The van der Waals surface area contributed by atoms with Crippen molar-refractivity contribution in [3.8, 4) is 11.1 Å². The molecule has 0 spiro atoms. The number of urea groups is 1. The van der Waals surface area contributed by atoms with E-state index in [0.29, 0.717) is 11.5 Å². The number of carbonyl (C=O) groups excluding carboxylic acids is 1. The zero-order valence-corrected chi connectivity index (χ0v) is 14.5. The summed E-state index contributed by atoms with van der Waals surface area (Å²) in [6.07, 6.45) is 0. The SMILES string of the molecule is CC(C)(C)c1cc(NC(=O)Nc2ccc(-c3ccccc3)cc2)no1.[HH].[HH]. The zero-order chi connectivity index (χ0) is 17.9. The van der Waals surface area contributed by atoms with Crippen LogP contribution in [0.4, 0.5) is 16.3 Å². The predicted molar refractivity (Wildman–Crippen MR) is 104 cm³/mol. The van der Waals surface area contributed by atoms with Gasteiger partial charge in [0.25, 0.3) is 0 Å². The fraction of sp³-hybridized carbons (Fsp3) is 0.200. The molecule has 5 nitrogen and oxygen atoms in total. The second-order valence-electron chi connectivity index (χ2n) is 6.85. The molecule has 0 aliphatic heterocycles. The van der Waals surface area contributed by atoms with E-state index in [1.54, 1.807) is 6.07 Å². The number of anilines is 2. The summed E-state index contributed by atoms with van der Waals surface area (Å²) in [5, 5.41) is 9.33. The van der Waals surface area contributed by atoms with Crippen molar-refractivity contribution in [2.75, 3.05) is 10.6 Å². The van der Waals surface area contributed by atoms with Gasteiger partial charge < -0.3 is 9.84 Å². The van der Waals surface area contributed by atoms with Gasteiger partial charge in [-0.25, -0.2) is 4.79 Å². The summed E-state index contributed by atoms with van der Waals surface area (Å²) < 4.78 is 5.25. The number of benzene rings is 2. The normalized spacial score (nSPS) is 11.2. The molecule has 0 atom stereocenters. The molecule has 0 radical (unpaired) electrons. The molecular formula is C20H25N3O2. The zero-order valence-electron chi connectivity index (χ0n) is 14.5. The number of nitrogens with one attached hydrogen (secondary N) is 2. The molecule has 2 amide bonds. The molecule has 132 valence electrons. The maximum atomic E-state index is 12.1. The highest BCUT2D eigenvalue weighted by Crippen LogP contribution is 2.24. The maximum absolute atomic E-state index is 12.1. The predicted octanol–water partition coefficient (Wildman–Crippen LogP) is 5.78. The first-order chi connectivity index (χ1) is 11.9. The van der Waals surface area contributed by atoms with Crippen molar-refractivity contribution in [3.05, 3.63) is 66.4 Å². The summed E-state index contributed by atoms with van der Waals surface area (Å²) in [7, 11) is 0. The minimum absolute atomic E-state index is 0. The van der Waals surface area contributed by atoms with E-state index >= 15 is 0 Å². The van der Waals surface area contributed by atoms with Crippen LogP contribution in [0.2, 0.25) is 0 Å². The van der Waals surface area contributed by atoms with Crippen molar-refractivity contribution >= 4 is 17.5 Å². The molecule has 1 heterocycles. The molecule has 2 N–H and O–H groups in total. The highest BCUT2D eigenvalue weighted by molar-refractivity contribution is 5.99. The molecule has 0 aliphatic rings. The van der Waals surface area contributed by atoms with E-state index in [0.717, 1.165) is 16.9 Å². The topological polar surface area (TPSA) is 67.2 Å². The number of nitrogens with zero attached hydrogens (tertiary/aromatic N) is 1. The standard InChI is InChI=1S/C20H21N3O2.2H2/c1-20(2,3)17-13-18(23-25-17)22-19(24)21-16-11-9-15(10-12-16)14-7-5-4-6-8-14;;/h4-13H,1-3H3,(H2,21,22,23,24);2*1H. The van der Waals surface area contributed by atoms with Crippen LogP contribution >= 0.6 is 0 Å². The van der Waals surface area contributed by atoms with Crippen molar-refractivity contribution in [1.29, 1.82) is 0 Å². The Balaban J connectivity index is 0.00000182. The Kier molecular flexibility index (Phi) is 4.57. The van der Waals surface area contributed by atoms with Crippen LogP contribution in [0.1, 0.15) is 29.4 Å². The Labute approximate surface area is 150 Å². The lowest BCUT2D eigenvalue weighted by Gasteiger charge is -2.12. The van der Waals surface area contributed by atoms with Crippen LogP contribution in [0.5, 0.6) is 0 Å². The molecule has 5 heteroatoms. The third-order valence-electron chi connectivity index (χ3n) is 3.74. The number of rotatable bonds is 3. The lowest BCUT2D eigenvalue weighted by Crippen LogP contribution is -2.19. The number of aromatic nitrogens is 1. The molecule has 2 aromatic carbocycles. The minimum atomic E-state index is -0.360. The Morgan fingerprint density at radius 2 is 1.60 bits per heavy atom. The molecule has 25 heavy (non-hydrogen) atoms. The largest absolute Gasteiger partial charge is 0.359 e.